The molecule has 0 unspecified atom stereocenters. The van der Waals surface area contributed by atoms with E-state index in [2.05, 4.69) is 5.32 Å². The number of esters is 4. The van der Waals surface area contributed by atoms with Crippen molar-refractivity contribution in [2.75, 3.05) is 6.61 Å². The van der Waals surface area contributed by atoms with Crippen LogP contribution in [0, 0.1) is 22.7 Å². The van der Waals surface area contributed by atoms with E-state index in [-0.39, 0.29) is 29.7 Å². The Hall–Kier alpha value is -4.96. The SMILES string of the molecule is CC[C@H](C)C(=O)N[C@@H](c1ccccc1)[C@@H](O)C(=O)O[C@H]1C[C@@]2(O)[C@@H](OC(=O)c3ccccc3)[C@@H]3[C@]4(OC(C)=O)CO[C@@H]4C[C@H](O)[C@@]3(C)C(=O)[C@H](OC(C)=O)C(=C1C)C2(C)C. The topological polar surface area (TPSA) is 221 Å². The smallest absolute Gasteiger partial charge is 0.338 e. The minimum Gasteiger partial charge on any atom is -0.456 e. The molecule has 15 heteroatoms. The lowest BCUT2D eigenvalue weighted by Crippen LogP contribution is -2.82. The third-order valence-corrected chi connectivity index (χ3v) is 13.5. The van der Waals surface area contributed by atoms with Gasteiger partial charge in [0, 0.05) is 38.0 Å². The predicted octanol–water partition coefficient (Wildman–Crippen LogP) is 3.47. The molecule has 12 atom stereocenters. The van der Waals surface area contributed by atoms with Gasteiger partial charge < -0.3 is 44.3 Å². The molecule has 324 valence electrons. The van der Waals surface area contributed by atoms with Crippen molar-refractivity contribution >= 4 is 35.6 Å². The minimum atomic E-state index is -2.37. The summed E-state index contributed by atoms with van der Waals surface area (Å²) in [6, 6.07) is 14.9. The van der Waals surface area contributed by atoms with Crippen LogP contribution in [0.1, 0.15) is 96.6 Å². The Balaban J connectivity index is 1.55. The van der Waals surface area contributed by atoms with Crippen molar-refractivity contribution in [3.8, 4) is 0 Å². The Morgan fingerprint density at radius 2 is 1.55 bits per heavy atom. The minimum absolute atomic E-state index is 0.00887. The third kappa shape index (κ3) is 7.32. The van der Waals surface area contributed by atoms with Gasteiger partial charge in [0.1, 0.15) is 23.9 Å². The monoisotopic (exact) mass is 833 g/mol. The zero-order chi connectivity index (χ0) is 44.1. The quantitative estimate of drug-likeness (QED) is 0.145. The van der Waals surface area contributed by atoms with Crippen molar-refractivity contribution in [1.82, 2.24) is 5.32 Å². The molecule has 2 bridgehead atoms. The Bertz CT molecular complexity index is 2050. The van der Waals surface area contributed by atoms with Crippen LogP contribution in [-0.2, 0) is 47.7 Å². The molecule has 2 saturated carbocycles. The zero-order valence-electron chi connectivity index (χ0n) is 35.1. The normalized spacial score (nSPS) is 33.1. The average molecular weight is 834 g/mol. The number of ether oxygens (including phenoxy) is 5. The van der Waals surface area contributed by atoms with Crippen LogP contribution in [0.2, 0.25) is 0 Å². The summed E-state index contributed by atoms with van der Waals surface area (Å²) in [5.74, 6) is -7.06. The van der Waals surface area contributed by atoms with Gasteiger partial charge in [-0.05, 0) is 49.1 Å². The van der Waals surface area contributed by atoms with E-state index in [0.717, 1.165) is 13.8 Å². The third-order valence-electron chi connectivity index (χ3n) is 13.5. The number of benzene rings is 2. The van der Waals surface area contributed by atoms with Crippen LogP contribution in [0.4, 0.5) is 0 Å². The van der Waals surface area contributed by atoms with Gasteiger partial charge in [-0.15, -0.1) is 0 Å². The van der Waals surface area contributed by atoms with Crippen LogP contribution in [0.25, 0.3) is 0 Å². The highest BCUT2D eigenvalue weighted by atomic mass is 16.6. The first-order valence-electron chi connectivity index (χ1n) is 20.3. The van der Waals surface area contributed by atoms with Gasteiger partial charge in [-0.25, -0.2) is 9.59 Å². The number of hydrogen-bond donors (Lipinski definition) is 4. The standard InChI is InChI=1S/C45H55NO14/c1-9-23(2)39(52)46-33(27-16-12-10-13-17-27)34(50)41(54)58-29-21-45(55)38(59-40(53)28-18-14-11-15-19-28)36-43(8,30(49)20-31-44(36,22-56-31)60-26(5)48)37(51)35(57-25(4)47)32(24(29)3)42(45,6)7/h10-19,23,29-31,33-36,38,49-50,55H,9,20-22H2,1-8H3,(H,46,52)/t23-,29-,30-,31+,33-,34+,35+,36-,38-,43+,44-,45+/m0/s1. The molecule has 3 fully saturated rings. The van der Waals surface area contributed by atoms with Gasteiger partial charge in [0.2, 0.25) is 5.91 Å². The maximum atomic E-state index is 15.4. The highest BCUT2D eigenvalue weighted by molar-refractivity contribution is 5.95. The van der Waals surface area contributed by atoms with E-state index in [1.54, 1.807) is 69.3 Å². The van der Waals surface area contributed by atoms with E-state index in [1.807, 2.05) is 6.92 Å². The van der Waals surface area contributed by atoms with Crippen LogP contribution >= 0.6 is 0 Å². The molecule has 60 heavy (non-hydrogen) atoms. The van der Waals surface area contributed by atoms with Crippen LogP contribution in [-0.4, -0.2) is 105 Å². The molecule has 2 aromatic carbocycles. The number of aliphatic hydroxyl groups is 3. The highest BCUT2D eigenvalue weighted by Crippen LogP contribution is 2.64. The molecular weight excluding hydrogens is 778 g/mol. The number of rotatable bonds is 11. The van der Waals surface area contributed by atoms with Crippen LogP contribution in [0.15, 0.2) is 71.8 Å². The van der Waals surface area contributed by atoms with Gasteiger partial charge >= 0.3 is 23.9 Å². The Morgan fingerprint density at radius 1 is 0.933 bits per heavy atom. The largest absolute Gasteiger partial charge is 0.456 e. The maximum Gasteiger partial charge on any atom is 0.338 e. The molecule has 1 aliphatic heterocycles. The number of hydrogen-bond acceptors (Lipinski definition) is 14. The number of carbonyl (C=O) groups is 6. The van der Waals surface area contributed by atoms with Crippen molar-refractivity contribution in [2.24, 2.45) is 22.7 Å². The Kier molecular flexibility index (Phi) is 12.2. The fourth-order valence-electron chi connectivity index (χ4n) is 9.85. The lowest BCUT2D eigenvalue weighted by molar-refractivity contribution is -0.346. The first-order chi connectivity index (χ1) is 28.1. The fourth-order valence-corrected chi connectivity index (χ4v) is 9.85. The summed E-state index contributed by atoms with van der Waals surface area (Å²) in [5.41, 5.74) is -7.15. The first kappa shape index (κ1) is 44.6. The number of nitrogens with one attached hydrogen (secondary N) is 1. The summed E-state index contributed by atoms with van der Waals surface area (Å²) in [5, 5.41) is 40.1. The summed E-state index contributed by atoms with van der Waals surface area (Å²) in [4.78, 5) is 83.0. The summed E-state index contributed by atoms with van der Waals surface area (Å²) in [6.45, 7) is 11.5. The van der Waals surface area contributed by atoms with Crippen molar-refractivity contribution in [3.05, 3.63) is 82.9 Å². The van der Waals surface area contributed by atoms with E-state index in [1.165, 1.54) is 26.0 Å². The maximum absolute atomic E-state index is 15.4. The van der Waals surface area contributed by atoms with Crippen molar-refractivity contribution in [1.29, 1.82) is 0 Å². The number of Topliss-reactive ketones (excluding diaryl/α,β-unsaturated/α-hetero) is 1. The lowest BCUT2D eigenvalue weighted by atomic mass is 9.44. The lowest BCUT2D eigenvalue weighted by Gasteiger charge is -2.67. The molecule has 4 aliphatic rings. The van der Waals surface area contributed by atoms with Crippen molar-refractivity contribution in [3.63, 3.8) is 0 Å². The van der Waals surface area contributed by atoms with E-state index in [0.29, 0.717) is 12.0 Å². The molecule has 1 heterocycles. The zero-order valence-corrected chi connectivity index (χ0v) is 35.1. The second kappa shape index (κ2) is 16.5. The number of aliphatic hydroxyl groups excluding tert-OH is 2. The highest BCUT2D eigenvalue weighted by Gasteiger charge is 2.78. The van der Waals surface area contributed by atoms with Gasteiger partial charge in [-0.3, -0.25) is 19.2 Å². The summed E-state index contributed by atoms with van der Waals surface area (Å²) >= 11 is 0. The van der Waals surface area contributed by atoms with E-state index in [4.69, 9.17) is 23.7 Å². The molecule has 6 rings (SSSR count). The molecule has 0 radical (unpaired) electrons. The number of amides is 1. The Morgan fingerprint density at radius 3 is 2.10 bits per heavy atom. The summed E-state index contributed by atoms with van der Waals surface area (Å²) < 4.78 is 30.2. The average Bonchev–Trinajstić information content (AvgIpc) is 3.20. The van der Waals surface area contributed by atoms with Crippen molar-refractivity contribution < 1.29 is 67.8 Å². The fraction of sp³-hybridized carbons (Fsp3) is 0.556. The number of ketones is 1. The molecule has 1 amide bonds. The van der Waals surface area contributed by atoms with Gasteiger partial charge in [-0.1, -0.05) is 76.2 Å². The number of fused-ring (bicyclic) bond motifs is 5. The molecule has 15 nitrogen and oxygen atoms in total. The number of carbonyl (C=O) groups excluding carboxylic acids is 6. The van der Waals surface area contributed by atoms with Gasteiger partial charge in [-0.2, -0.15) is 0 Å². The molecule has 0 aromatic heterocycles. The molecular formula is C45H55NO14. The van der Waals surface area contributed by atoms with Crippen LogP contribution in [0.5, 0.6) is 0 Å². The molecule has 0 spiro atoms. The van der Waals surface area contributed by atoms with Gasteiger partial charge in [0.25, 0.3) is 0 Å². The van der Waals surface area contributed by atoms with Crippen LogP contribution < -0.4 is 5.32 Å². The molecule has 4 N–H and O–H groups in total. The second-order valence-electron chi connectivity index (χ2n) is 17.3. The van der Waals surface area contributed by atoms with E-state index < -0.39 is 119 Å². The summed E-state index contributed by atoms with van der Waals surface area (Å²) in [6.07, 6.45) is -9.88. The van der Waals surface area contributed by atoms with Gasteiger partial charge in [0.15, 0.2) is 23.6 Å². The molecule has 2 aromatic rings. The Labute approximate surface area is 348 Å². The molecule has 1 saturated heterocycles. The second-order valence-corrected chi connectivity index (χ2v) is 17.3. The van der Waals surface area contributed by atoms with Gasteiger partial charge in [0.05, 0.1) is 35.6 Å². The predicted molar refractivity (Wildman–Crippen MR) is 211 cm³/mol. The van der Waals surface area contributed by atoms with Crippen molar-refractivity contribution in [2.45, 2.75) is 129 Å². The van der Waals surface area contributed by atoms with E-state index >= 15 is 4.79 Å². The van der Waals surface area contributed by atoms with Crippen LogP contribution in [0.3, 0.4) is 0 Å². The van der Waals surface area contributed by atoms with E-state index in [9.17, 15) is 39.3 Å². The molecule has 3 aliphatic carbocycles. The first-order valence-corrected chi connectivity index (χ1v) is 20.3. The summed E-state index contributed by atoms with van der Waals surface area (Å²) in [7, 11) is 0.